The highest BCUT2D eigenvalue weighted by Gasteiger charge is 2.10. The van der Waals surface area contributed by atoms with Gasteiger partial charge in [0.25, 0.3) is 0 Å². The van der Waals surface area contributed by atoms with E-state index in [4.69, 9.17) is 0 Å². The highest BCUT2D eigenvalue weighted by Crippen LogP contribution is 2.22. The number of carbonyl (C=O) groups is 1. The van der Waals surface area contributed by atoms with Gasteiger partial charge in [-0.1, -0.05) is 52.0 Å². The Bertz CT molecular complexity index is 737. The fourth-order valence-corrected chi connectivity index (χ4v) is 3.32. The summed E-state index contributed by atoms with van der Waals surface area (Å²) in [5, 5.41) is 16.4. The third-order valence-electron chi connectivity index (χ3n) is 4.03. The maximum atomic E-state index is 11.7. The molecule has 2 amide bonds. The minimum absolute atomic E-state index is 0.161. The van der Waals surface area contributed by atoms with Crippen LogP contribution < -0.4 is 10.6 Å². The van der Waals surface area contributed by atoms with Crippen molar-refractivity contribution in [1.29, 1.82) is 0 Å². The van der Waals surface area contributed by atoms with E-state index in [1.807, 2.05) is 31.2 Å². The first-order valence-corrected chi connectivity index (χ1v) is 10.4. The van der Waals surface area contributed by atoms with Crippen LogP contribution in [0.4, 0.5) is 10.5 Å². The van der Waals surface area contributed by atoms with Gasteiger partial charge in [-0.05, 0) is 36.5 Å². The quantitative estimate of drug-likeness (QED) is 0.584. The van der Waals surface area contributed by atoms with Gasteiger partial charge >= 0.3 is 6.03 Å². The van der Waals surface area contributed by atoms with Crippen molar-refractivity contribution in [3.63, 3.8) is 0 Å². The second kappa shape index (κ2) is 10.8. The zero-order valence-corrected chi connectivity index (χ0v) is 17.5. The zero-order chi connectivity index (χ0) is 19.6. The summed E-state index contributed by atoms with van der Waals surface area (Å²) in [7, 11) is 0. The summed E-state index contributed by atoms with van der Waals surface area (Å²) in [4.78, 5) is 11.7. The van der Waals surface area contributed by atoms with E-state index in [0.717, 1.165) is 35.0 Å². The predicted octanol–water partition coefficient (Wildman–Crippen LogP) is 5.17. The van der Waals surface area contributed by atoms with Gasteiger partial charge in [-0.2, -0.15) is 0 Å². The van der Waals surface area contributed by atoms with Crippen molar-refractivity contribution in [2.75, 3.05) is 11.9 Å². The molecule has 1 unspecified atom stereocenters. The molecule has 0 saturated heterocycles. The molecule has 2 aromatic rings. The molecule has 2 N–H and O–H groups in total. The largest absolute Gasteiger partial charge is 0.338 e. The van der Waals surface area contributed by atoms with Crippen LogP contribution in [-0.4, -0.2) is 22.8 Å². The molecule has 0 saturated carbocycles. The number of rotatable bonds is 9. The van der Waals surface area contributed by atoms with Crippen molar-refractivity contribution in [2.24, 2.45) is 5.92 Å². The number of nitrogens with zero attached hydrogens (tertiary/aromatic N) is 2. The molecule has 1 aromatic carbocycles. The molecular formula is C21H30N4OS. The van der Waals surface area contributed by atoms with E-state index in [-0.39, 0.29) is 6.03 Å². The number of amides is 2. The summed E-state index contributed by atoms with van der Waals surface area (Å²) in [6, 6.07) is 7.80. The van der Waals surface area contributed by atoms with Gasteiger partial charge in [0.15, 0.2) is 0 Å². The number of benzene rings is 1. The maximum Gasteiger partial charge on any atom is 0.319 e. The number of aromatic nitrogens is 2. The lowest BCUT2D eigenvalue weighted by Crippen LogP contribution is -2.29. The molecule has 0 aliphatic carbocycles. The Morgan fingerprint density at radius 3 is 2.52 bits per heavy atom. The lowest BCUT2D eigenvalue weighted by molar-refractivity contribution is 0.252. The summed E-state index contributed by atoms with van der Waals surface area (Å²) in [6.45, 7) is 9.21. The van der Waals surface area contributed by atoms with Crippen molar-refractivity contribution in [3.05, 3.63) is 52.0 Å². The van der Waals surface area contributed by atoms with Gasteiger partial charge in [-0.3, -0.25) is 0 Å². The van der Waals surface area contributed by atoms with Crippen LogP contribution in [0.5, 0.6) is 0 Å². The molecule has 0 aliphatic heterocycles. The topological polar surface area (TPSA) is 66.9 Å². The van der Waals surface area contributed by atoms with E-state index >= 15 is 0 Å². The molecule has 0 fully saturated rings. The van der Waals surface area contributed by atoms with Gasteiger partial charge in [-0.15, -0.1) is 21.5 Å². The number of aryl methyl sites for hydroxylation is 2. The van der Waals surface area contributed by atoms with E-state index in [2.05, 4.69) is 53.8 Å². The fraction of sp³-hybridized carbons (Fsp3) is 0.476. The van der Waals surface area contributed by atoms with Crippen LogP contribution in [0, 0.1) is 5.92 Å². The summed E-state index contributed by atoms with van der Waals surface area (Å²) < 4.78 is 0. The minimum atomic E-state index is -0.161. The molecule has 1 aromatic heterocycles. The summed E-state index contributed by atoms with van der Waals surface area (Å²) in [6.07, 6.45) is 7.13. The number of hydrogen-bond acceptors (Lipinski definition) is 4. The molecule has 0 bridgehead atoms. The van der Waals surface area contributed by atoms with Gasteiger partial charge in [0, 0.05) is 24.6 Å². The molecule has 5 nitrogen and oxygen atoms in total. The van der Waals surface area contributed by atoms with Gasteiger partial charge < -0.3 is 10.6 Å². The average molecular weight is 387 g/mol. The van der Waals surface area contributed by atoms with E-state index in [0.29, 0.717) is 18.4 Å². The number of nitrogens with one attached hydrogen (secondary N) is 2. The molecule has 0 aliphatic rings. The first kappa shape index (κ1) is 21.1. The smallest absolute Gasteiger partial charge is 0.319 e. The van der Waals surface area contributed by atoms with Crippen molar-refractivity contribution in [1.82, 2.24) is 15.5 Å². The Labute approximate surface area is 166 Å². The second-order valence-corrected chi connectivity index (χ2v) is 8.12. The highest BCUT2D eigenvalue weighted by molar-refractivity contribution is 7.11. The molecular weight excluding hydrogens is 356 g/mol. The number of allylic oxidation sites excluding steroid dienone is 2. The van der Waals surface area contributed by atoms with Crippen molar-refractivity contribution in [2.45, 2.75) is 52.9 Å². The molecule has 0 spiro atoms. The van der Waals surface area contributed by atoms with Gasteiger partial charge in [0.1, 0.15) is 10.0 Å². The third-order valence-corrected chi connectivity index (χ3v) is 5.22. The molecule has 1 atom stereocenters. The Morgan fingerprint density at radius 1 is 1.11 bits per heavy atom. The van der Waals surface area contributed by atoms with E-state index in [1.165, 1.54) is 5.56 Å². The highest BCUT2D eigenvalue weighted by atomic mass is 32.1. The maximum absolute atomic E-state index is 11.7. The standard InChI is InChI=1S/C21H30N4OS/c1-5-14-22-21(26)23-18-11-8-17(9-12-18)10-13-19-24-25-20(27-19)16(4)7-6-15(2)3/h6-9,11-12,15-16H,5,10,13-14H2,1-4H3,(H2,22,23,26)/b7-6+. The van der Waals surface area contributed by atoms with Gasteiger partial charge in [0.2, 0.25) is 0 Å². The van der Waals surface area contributed by atoms with Crippen molar-refractivity contribution < 1.29 is 4.79 Å². The fourth-order valence-electron chi connectivity index (χ4n) is 2.44. The predicted molar refractivity (Wildman–Crippen MR) is 113 cm³/mol. The van der Waals surface area contributed by atoms with Crippen molar-refractivity contribution >= 4 is 23.1 Å². The Kier molecular flexibility index (Phi) is 8.45. The van der Waals surface area contributed by atoms with Crippen LogP contribution in [0.15, 0.2) is 36.4 Å². The zero-order valence-electron chi connectivity index (χ0n) is 16.7. The van der Waals surface area contributed by atoms with Crippen LogP contribution in [0.2, 0.25) is 0 Å². The van der Waals surface area contributed by atoms with Crippen LogP contribution in [0.1, 0.15) is 55.6 Å². The van der Waals surface area contributed by atoms with Gasteiger partial charge in [0.05, 0.1) is 0 Å². The SMILES string of the molecule is CCCNC(=O)Nc1ccc(CCc2nnc(C(C)/C=C/C(C)C)s2)cc1. The normalized spacial score (nSPS) is 12.5. The molecule has 1 heterocycles. The van der Waals surface area contributed by atoms with Crippen molar-refractivity contribution in [3.8, 4) is 0 Å². The van der Waals surface area contributed by atoms with E-state index in [1.54, 1.807) is 11.3 Å². The van der Waals surface area contributed by atoms with E-state index in [9.17, 15) is 4.79 Å². The number of carbonyl (C=O) groups excluding carboxylic acids is 1. The first-order valence-electron chi connectivity index (χ1n) is 9.62. The van der Waals surface area contributed by atoms with Crippen LogP contribution in [0.3, 0.4) is 0 Å². The Morgan fingerprint density at radius 2 is 1.85 bits per heavy atom. The van der Waals surface area contributed by atoms with E-state index < -0.39 is 0 Å². The Hall–Kier alpha value is -2.21. The molecule has 146 valence electrons. The van der Waals surface area contributed by atoms with Crippen LogP contribution in [0.25, 0.3) is 0 Å². The molecule has 2 rings (SSSR count). The average Bonchev–Trinajstić information content (AvgIpc) is 3.13. The van der Waals surface area contributed by atoms with Crippen LogP contribution >= 0.6 is 11.3 Å². The number of hydrogen-bond donors (Lipinski definition) is 2. The van der Waals surface area contributed by atoms with Gasteiger partial charge in [-0.25, -0.2) is 4.79 Å². The number of urea groups is 1. The molecule has 27 heavy (non-hydrogen) atoms. The summed E-state index contributed by atoms with van der Waals surface area (Å²) in [5.41, 5.74) is 2.02. The van der Waals surface area contributed by atoms with Crippen LogP contribution in [-0.2, 0) is 12.8 Å². The monoisotopic (exact) mass is 386 g/mol. The molecule has 0 radical (unpaired) electrons. The lowest BCUT2D eigenvalue weighted by atomic mass is 10.1. The minimum Gasteiger partial charge on any atom is -0.338 e. The number of anilines is 1. The second-order valence-electron chi connectivity index (χ2n) is 7.03. The third kappa shape index (κ3) is 7.51. The summed E-state index contributed by atoms with van der Waals surface area (Å²) >= 11 is 1.69. The summed E-state index contributed by atoms with van der Waals surface area (Å²) in [5.74, 6) is 0.859. The Balaban J connectivity index is 1.84. The lowest BCUT2D eigenvalue weighted by Gasteiger charge is -2.07. The molecule has 6 heteroatoms. The first-order chi connectivity index (χ1) is 13.0.